The SMILES string of the molecule is CC(=O)N(C)[C@H](C)c1nc(-c2ccc(C[C@@H](CCO)NC(=O)c3ccc(O[C@H](C)C(F)(F)F)c(Cl)c3)cc2)cn1C(C)C. The van der Waals surface area contributed by atoms with E-state index in [1.165, 1.54) is 25.1 Å². The minimum absolute atomic E-state index is 0.0501. The van der Waals surface area contributed by atoms with Crippen molar-refractivity contribution in [3.8, 4) is 17.0 Å². The molecule has 0 saturated heterocycles. The van der Waals surface area contributed by atoms with Crippen LogP contribution in [0.25, 0.3) is 11.3 Å². The van der Waals surface area contributed by atoms with Crippen molar-refractivity contribution >= 4 is 23.4 Å². The van der Waals surface area contributed by atoms with Crippen LogP contribution < -0.4 is 10.1 Å². The fourth-order valence-corrected chi connectivity index (χ4v) is 4.68. The molecule has 0 spiro atoms. The van der Waals surface area contributed by atoms with E-state index in [0.29, 0.717) is 6.42 Å². The third-order valence-corrected chi connectivity index (χ3v) is 7.57. The summed E-state index contributed by atoms with van der Waals surface area (Å²) in [5, 5.41) is 12.3. The Morgan fingerprint density at radius 3 is 2.30 bits per heavy atom. The Balaban J connectivity index is 1.73. The van der Waals surface area contributed by atoms with Crippen molar-refractivity contribution in [2.24, 2.45) is 0 Å². The Hall–Kier alpha value is -3.57. The van der Waals surface area contributed by atoms with Gasteiger partial charge in [-0.25, -0.2) is 4.98 Å². The molecule has 2 aromatic carbocycles. The van der Waals surface area contributed by atoms with Gasteiger partial charge in [0.05, 0.1) is 16.8 Å². The van der Waals surface area contributed by atoms with Crippen LogP contribution in [-0.4, -0.2) is 63.3 Å². The summed E-state index contributed by atoms with van der Waals surface area (Å²) < 4.78 is 45.5. The molecule has 0 aliphatic heterocycles. The van der Waals surface area contributed by atoms with Gasteiger partial charge >= 0.3 is 6.18 Å². The predicted molar refractivity (Wildman–Crippen MR) is 159 cm³/mol. The van der Waals surface area contributed by atoms with Crippen LogP contribution in [0.3, 0.4) is 0 Å². The number of nitrogens with one attached hydrogen (secondary N) is 1. The van der Waals surface area contributed by atoms with Gasteiger partial charge in [-0.15, -0.1) is 0 Å². The number of aliphatic hydroxyl groups is 1. The van der Waals surface area contributed by atoms with Crippen molar-refractivity contribution in [1.29, 1.82) is 0 Å². The summed E-state index contributed by atoms with van der Waals surface area (Å²) >= 11 is 6.10. The Kier molecular flexibility index (Phi) is 11.3. The molecular weight excluding hydrogens is 585 g/mol. The summed E-state index contributed by atoms with van der Waals surface area (Å²) in [6.45, 7) is 8.28. The maximum atomic E-state index is 12.9. The van der Waals surface area contributed by atoms with Gasteiger partial charge in [-0.05, 0) is 64.3 Å². The average molecular weight is 623 g/mol. The number of nitrogens with zero attached hydrogens (tertiary/aromatic N) is 3. The van der Waals surface area contributed by atoms with E-state index in [2.05, 4.69) is 23.7 Å². The second kappa shape index (κ2) is 14.3. The maximum absolute atomic E-state index is 12.9. The first-order valence-corrected chi connectivity index (χ1v) is 14.4. The van der Waals surface area contributed by atoms with Crippen molar-refractivity contribution < 1.29 is 32.6 Å². The van der Waals surface area contributed by atoms with E-state index in [1.807, 2.05) is 37.4 Å². The summed E-state index contributed by atoms with van der Waals surface area (Å²) in [5.74, 6) is 0.0718. The number of benzene rings is 2. The molecule has 3 rings (SSSR count). The zero-order chi connectivity index (χ0) is 32.1. The lowest BCUT2D eigenvalue weighted by atomic mass is 10.0. The summed E-state index contributed by atoms with van der Waals surface area (Å²) in [7, 11) is 1.75. The van der Waals surface area contributed by atoms with Crippen molar-refractivity contribution in [3.63, 3.8) is 0 Å². The molecule has 2 amide bonds. The molecule has 0 radical (unpaired) electrons. The van der Waals surface area contributed by atoms with E-state index in [-0.39, 0.29) is 47.4 Å². The van der Waals surface area contributed by atoms with Gasteiger partial charge in [-0.2, -0.15) is 13.2 Å². The fourth-order valence-electron chi connectivity index (χ4n) is 4.46. The number of aromatic nitrogens is 2. The highest BCUT2D eigenvalue weighted by Crippen LogP contribution is 2.31. The van der Waals surface area contributed by atoms with Crippen molar-refractivity contribution in [2.75, 3.05) is 13.7 Å². The molecule has 3 atom stereocenters. The number of amides is 2. The normalized spacial score (nSPS) is 13.9. The molecule has 3 aromatic rings. The Bertz CT molecular complexity index is 1410. The standard InChI is InChI=1S/C31H38ClF3N4O4/c1-18(2)39-17-27(37-29(39)19(3)38(6)21(5)41)23-9-7-22(8-10-23)15-25(13-14-40)36-30(42)24-11-12-28(26(32)16-24)43-20(4)31(33,34)35/h7-12,16-20,25,40H,13-15H2,1-6H3,(H,36,42)/t19-,20-,25-/m1/s1. The van der Waals surface area contributed by atoms with Crippen LogP contribution in [-0.2, 0) is 11.2 Å². The second-order valence-corrected chi connectivity index (χ2v) is 11.2. The second-order valence-electron chi connectivity index (χ2n) is 10.8. The van der Waals surface area contributed by atoms with Crippen LogP contribution in [0.5, 0.6) is 5.75 Å². The first-order chi connectivity index (χ1) is 20.1. The van der Waals surface area contributed by atoms with Gasteiger partial charge < -0.3 is 24.6 Å². The molecule has 43 heavy (non-hydrogen) atoms. The highest BCUT2D eigenvalue weighted by atomic mass is 35.5. The van der Waals surface area contributed by atoms with E-state index in [1.54, 1.807) is 11.9 Å². The zero-order valence-electron chi connectivity index (χ0n) is 25.1. The third-order valence-electron chi connectivity index (χ3n) is 7.27. The van der Waals surface area contributed by atoms with Crippen LogP contribution in [0.2, 0.25) is 5.02 Å². The van der Waals surface area contributed by atoms with Crippen LogP contribution in [0.4, 0.5) is 13.2 Å². The molecule has 8 nitrogen and oxygen atoms in total. The van der Waals surface area contributed by atoms with Gasteiger partial charge in [0.25, 0.3) is 5.91 Å². The minimum atomic E-state index is -4.56. The first kappa shape index (κ1) is 33.9. The molecule has 1 heterocycles. The summed E-state index contributed by atoms with van der Waals surface area (Å²) in [6, 6.07) is 11.0. The molecular formula is C31H38ClF3N4O4. The van der Waals surface area contributed by atoms with Crippen LogP contribution in [0, 0.1) is 0 Å². The first-order valence-electron chi connectivity index (χ1n) is 14.0. The quantitative estimate of drug-likeness (QED) is 0.244. The van der Waals surface area contributed by atoms with Gasteiger partial charge in [-0.1, -0.05) is 35.9 Å². The molecule has 0 aliphatic carbocycles. The number of imidazole rings is 1. The molecule has 0 saturated carbocycles. The van der Waals surface area contributed by atoms with E-state index in [4.69, 9.17) is 21.3 Å². The molecule has 0 aliphatic rings. The molecule has 0 bridgehead atoms. The summed E-state index contributed by atoms with van der Waals surface area (Å²) in [4.78, 5) is 31.4. The Labute approximate surface area is 254 Å². The molecule has 12 heteroatoms. The van der Waals surface area contributed by atoms with Crippen molar-refractivity contribution in [2.45, 2.75) is 77.9 Å². The number of aliphatic hydroxyl groups excluding tert-OH is 1. The molecule has 2 N–H and O–H groups in total. The number of hydrogen-bond acceptors (Lipinski definition) is 5. The highest BCUT2D eigenvalue weighted by Gasteiger charge is 2.38. The third kappa shape index (κ3) is 8.73. The monoisotopic (exact) mass is 622 g/mol. The van der Waals surface area contributed by atoms with Gasteiger partial charge in [0, 0.05) is 50.0 Å². The molecule has 1 aromatic heterocycles. The number of hydrogen-bond donors (Lipinski definition) is 2. The van der Waals surface area contributed by atoms with Crippen LogP contribution in [0.1, 0.15) is 74.9 Å². The number of carbonyl (C=O) groups is 2. The van der Waals surface area contributed by atoms with E-state index in [0.717, 1.165) is 29.6 Å². The number of rotatable bonds is 12. The lowest BCUT2D eigenvalue weighted by molar-refractivity contribution is -0.189. The highest BCUT2D eigenvalue weighted by molar-refractivity contribution is 6.32. The summed E-state index contributed by atoms with van der Waals surface area (Å²) in [6.07, 6.45) is -3.93. The average Bonchev–Trinajstić information content (AvgIpc) is 3.39. The Morgan fingerprint density at radius 1 is 1.12 bits per heavy atom. The Morgan fingerprint density at radius 2 is 1.77 bits per heavy atom. The molecule has 0 fully saturated rings. The van der Waals surface area contributed by atoms with Crippen molar-refractivity contribution in [3.05, 3.63) is 70.6 Å². The smallest absolute Gasteiger partial charge is 0.425 e. The van der Waals surface area contributed by atoms with Gasteiger partial charge in [0.1, 0.15) is 11.6 Å². The zero-order valence-corrected chi connectivity index (χ0v) is 25.8. The minimum Gasteiger partial charge on any atom is -0.480 e. The van der Waals surface area contributed by atoms with Crippen LogP contribution in [0.15, 0.2) is 48.7 Å². The lowest BCUT2D eigenvalue weighted by Crippen LogP contribution is -2.37. The molecule has 234 valence electrons. The largest absolute Gasteiger partial charge is 0.480 e. The fraction of sp³-hybridized carbons (Fsp3) is 0.452. The van der Waals surface area contributed by atoms with Crippen LogP contribution >= 0.6 is 11.6 Å². The summed E-state index contributed by atoms with van der Waals surface area (Å²) in [5.41, 5.74) is 2.73. The number of halogens is 4. The van der Waals surface area contributed by atoms with Gasteiger partial charge in [0.2, 0.25) is 5.91 Å². The van der Waals surface area contributed by atoms with Gasteiger partial charge in [0.15, 0.2) is 6.10 Å². The topological polar surface area (TPSA) is 96.7 Å². The maximum Gasteiger partial charge on any atom is 0.425 e. The van der Waals surface area contributed by atoms with Crippen molar-refractivity contribution in [1.82, 2.24) is 19.8 Å². The predicted octanol–water partition coefficient (Wildman–Crippen LogP) is 6.38. The number of alkyl halides is 3. The molecule has 0 unspecified atom stereocenters. The van der Waals surface area contributed by atoms with E-state index < -0.39 is 24.2 Å². The number of ether oxygens (including phenoxy) is 1. The van der Waals surface area contributed by atoms with Gasteiger partial charge in [-0.3, -0.25) is 9.59 Å². The number of carbonyl (C=O) groups excluding carboxylic acids is 2. The lowest BCUT2D eigenvalue weighted by Gasteiger charge is -2.25. The van der Waals surface area contributed by atoms with E-state index >= 15 is 0 Å². The van der Waals surface area contributed by atoms with E-state index in [9.17, 15) is 27.9 Å².